The molecule has 0 atom stereocenters. The summed E-state index contributed by atoms with van der Waals surface area (Å²) in [6, 6.07) is 14.4. The summed E-state index contributed by atoms with van der Waals surface area (Å²) in [6.45, 7) is 1.64. The number of carbonyl (C=O) groups excluding carboxylic acids is 2. The van der Waals surface area contributed by atoms with E-state index in [2.05, 4.69) is 10.2 Å². The number of halogens is 1. The van der Waals surface area contributed by atoms with Crippen LogP contribution in [0.2, 0.25) is 5.02 Å². The summed E-state index contributed by atoms with van der Waals surface area (Å²) in [4.78, 5) is 25.8. The molecular weight excluding hydrogens is 338 g/mol. The van der Waals surface area contributed by atoms with E-state index in [1.165, 1.54) is 0 Å². The van der Waals surface area contributed by atoms with Crippen molar-refractivity contribution in [1.29, 1.82) is 0 Å². The Labute approximate surface area is 151 Å². The minimum absolute atomic E-state index is 0.0116. The molecule has 0 aromatic heterocycles. The Morgan fingerprint density at radius 2 is 1.76 bits per heavy atom. The van der Waals surface area contributed by atoms with Crippen molar-refractivity contribution in [3.8, 4) is 0 Å². The lowest BCUT2D eigenvalue weighted by atomic mass is 9.95. The second kappa shape index (κ2) is 7.57. The molecule has 3 rings (SSSR count). The molecule has 3 N–H and O–H groups in total. The van der Waals surface area contributed by atoms with Gasteiger partial charge >= 0.3 is 0 Å². The predicted octanol–water partition coefficient (Wildman–Crippen LogP) is 3.29. The normalized spacial score (nSPS) is 15.0. The number of hydrogen-bond acceptors (Lipinski definition) is 3. The lowest BCUT2D eigenvalue weighted by Gasteiger charge is -2.33. The molecule has 2 aromatic rings. The van der Waals surface area contributed by atoms with Crippen molar-refractivity contribution in [1.82, 2.24) is 0 Å². The fraction of sp³-hybridized carbons (Fsp3) is 0.263. The van der Waals surface area contributed by atoms with Crippen LogP contribution in [0.4, 0.5) is 11.4 Å². The van der Waals surface area contributed by atoms with Gasteiger partial charge in [-0.25, -0.2) is 0 Å². The monoisotopic (exact) mass is 357 g/mol. The number of piperidine rings is 1. The molecule has 0 spiro atoms. The van der Waals surface area contributed by atoms with Crippen LogP contribution in [-0.2, 0) is 4.79 Å². The van der Waals surface area contributed by atoms with Crippen molar-refractivity contribution in [3.05, 3.63) is 59.1 Å². The van der Waals surface area contributed by atoms with E-state index in [0.29, 0.717) is 11.3 Å². The zero-order valence-corrected chi connectivity index (χ0v) is 14.5. The number of nitrogens with one attached hydrogen (secondary N) is 1. The molecule has 6 heteroatoms. The van der Waals surface area contributed by atoms with Gasteiger partial charge in [0.1, 0.15) is 0 Å². The molecule has 1 aliphatic heterocycles. The number of benzene rings is 2. The highest BCUT2D eigenvalue weighted by Crippen LogP contribution is 2.26. The number of rotatable bonds is 4. The summed E-state index contributed by atoms with van der Waals surface area (Å²) in [5.41, 5.74) is 7.40. The van der Waals surface area contributed by atoms with Gasteiger partial charge in [-0.2, -0.15) is 0 Å². The first-order valence-corrected chi connectivity index (χ1v) is 8.62. The largest absolute Gasteiger partial charge is 0.371 e. The van der Waals surface area contributed by atoms with Crippen LogP contribution in [0, 0.1) is 5.92 Å². The topological polar surface area (TPSA) is 75.4 Å². The van der Waals surface area contributed by atoms with Crippen molar-refractivity contribution in [2.45, 2.75) is 12.8 Å². The zero-order valence-electron chi connectivity index (χ0n) is 13.7. The Morgan fingerprint density at radius 3 is 2.36 bits per heavy atom. The van der Waals surface area contributed by atoms with Crippen LogP contribution in [0.25, 0.3) is 0 Å². The van der Waals surface area contributed by atoms with Gasteiger partial charge in [0.25, 0.3) is 0 Å². The van der Waals surface area contributed by atoms with Gasteiger partial charge in [0, 0.05) is 41.0 Å². The average Bonchev–Trinajstić information content (AvgIpc) is 2.62. The van der Waals surface area contributed by atoms with Crippen molar-refractivity contribution in [2.75, 3.05) is 23.3 Å². The SMILES string of the molecule is NC(=O)c1ccc(NC(=O)C2CCN(c3cccc(Cl)c3)CC2)cc1. The van der Waals surface area contributed by atoms with Crippen LogP contribution in [0.1, 0.15) is 23.2 Å². The van der Waals surface area contributed by atoms with Gasteiger partial charge in [-0.15, -0.1) is 0 Å². The predicted molar refractivity (Wildman–Crippen MR) is 100.0 cm³/mol. The van der Waals surface area contributed by atoms with Crippen molar-refractivity contribution in [2.24, 2.45) is 11.7 Å². The highest BCUT2D eigenvalue weighted by atomic mass is 35.5. The molecule has 25 heavy (non-hydrogen) atoms. The first-order valence-electron chi connectivity index (χ1n) is 8.24. The van der Waals surface area contributed by atoms with Gasteiger partial charge in [-0.3, -0.25) is 9.59 Å². The smallest absolute Gasteiger partial charge is 0.248 e. The molecule has 1 saturated heterocycles. The minimum Gasteiger partial charge on any atom is -0.371 e. The highest BCUT2D eigenvalue weighted by Gasteiger charge is 2.25. The van der Waals surface area contributed by atoms with E-state index in [4.69, 9.17) is 17.3 Å². The van der Waals surface area contributed by atoms with Crippen molar-refractivity contribution < 1.29 is 9.59 Å². The van der Waals surface area contributed by atoms with E-state index in [0.717, 1.165) is 36.6 Å². The molecular formula is C19H20ClN3O2. The van der Waals surface area contributed by atoms with Crippen LogP contribution >= 0.6 is 11.6 Å². The third-order valence-corrected chi connectivity index (χ3v) is 4.71. The molecule has 0 bridgehead atoms. The van der Waals surface area contributed by atoms with Crippen LogP contribution in [0.15, 0.2) is 48.5 Å². The Morgan fingerprint density at radius 1 is 1.08 bits per heavy atom. The van der Waals surface area contributed by atoms with Gasteiger partial charge in [-0.05, 0) is 55.3 Å². The maximum Gasteiger partial charge on any atom is 0.248 e. The minimum atomic E-state index is -0.480. The summed E-state index contributed by atoms with van der Waals surface area (Å²) in [7, 11) is 0. The maximum absolute atomic E-state index is 12.4. The van der Waals surface area contributed by atoms with Crippen LogP contribution < -0.4 is 16.0 Å². The van der Waals surface area contributed by atoms with Gasteiger partial charge in [-0.1, -0.05) is 17.7 Å². The third kappa shape index (κ3) is 4.31. The number of anilines is 2. The highest BCUT2D eigenvalue weighted by molar-refractivity contribution is 6.30. The average molecular weight is 358 g/mol. The molecule has 0 aliphatic carbocycles. The van der Waals surface area contributed by atoms with E-state index in [1.807, 2.05) is 24.3 Å². The van der Waals surface area contributed by atoms with E-state index < -0.39 is 5.91 Å². The second-order valence-electron chi connectivity index (χ2n) is 6.17. The Bertz CT molecular complexity index is 768. The lowest BCUT2D eigenvalue weighted by Crippen LogP contribution is -2.38. The number of amides is 2. The molecule has 2 aromatic carbocycles. The summed E-state index contributed by atoms with van der Waals surface area (Å²) in [5, 5.41) is 3.63. The quantitative estimate of drug-likeness (QED) is 0.881. The molecule has 0 unspecified atom stereocenters. The van der Waals surface area contributed by atoms with Crippen molar-refractivity contribution >= 4 is 34.8 Å². The van der Waals surface area contributed by atoms with Gasteiger partial charge in [0.2, 0.25) is 11.8 Å². The number of nitrogens with zero attached hydrogens (tertiary/aromatic N) is 1. The zero-order chi connectivity index (χ0) is 17.8. The summed E-state index contributed by atoms with van der Waals surface area (Å²) in [5.74, 6) is -0.491. The molecule has 1 aliphatic rings. The van der Waals surface area contributed by atoms with E-state index in [-0.39, 0.29) is 11.8 Å². The maximum atomic E-state index is 12.4. The molecule has 130 valence electrons. The first kappa shape index (κ1) is 17.3. The Kier molecular flexibility index (Phi) is 5.24. The van der Waals surface area contributed by atoms with E-state index in [9.17, 15) is 9.59 Å². The van der Waals surface area contributed by atoms with Crippen LogP contribution in [0.5, 0.6) is 0 Å². The molecule has 0 saturated carbocycles. The standard InChI is InChI=1S/C19H20ClN3O2/c20-15-2-1-3-17(12-15)23-10-8-14(9-11-23)19(25)22-16-6-4-13(5-7-16)18(21)24/h1-7,12,14H,8-11H2,(H2,21,24)(H,22,25). The summed E-state index contributed by atoms with van der Waals surface area (Å²) in [6.07, 6.45) is 1.58. The Balaban J connectivity index is 1.55. The number of hydrogen-bond donors (Lipinski definition) is 2. The van der Waals surface area contributed by atoms with E-state index in [1.54, 1.807) is 24.3 Å². The summed E-state index contributed by atoms with van der Waals surface area (Å²) < 4.78 is 0. The molecule has 1 heterocycles. The Hall–Kier alpha value is -2.53. The molecule has 5 nitrogen and oxygen atoms in total. The third-order valence-electron chi connectivity index (χ3n) is 4.48. The van der Waals surface area contributed by atoms with Gasteiger partial charge in [0.05, 0.1) is 0 Å². The number of primary amides is 1. The number of carbonyl (C=O) groups is 2. The van der Waals surface area contributed by atoms with Crippen molar-refractivity contribution in [3.63, 3.8) is 0 Å². The lowest BCUT2D eigenvalue weighted by molar-refractivity contribution is -0.120. The van der Waals surface area contributed by atoms with Gasteiger partial charge in [0.15, 0.2) is 0 Å². The number of nitrogens with two attached hydrogens (primary N) is 1. The first-order chi connectivity index (χ1) is 12.0. The van der Waals surface area contributed by atoms with Gasteiger partial charge < -0.3 is 16.0 Å². The van der Waals surface area contributed by atoms with Crippen LogP contribution in [-0.4, -0.2) is 24.9 Å². The summed E-state index contributed by atoms with van der Waals surface area (Å²) >= 11 is 6.04. The molecule has 1 fully saturated rings. The van der Waals surface area contributed by atoms with Crippen LogP contribution in [0.3, 0.4) is 0 Å². The molecule has 0 radical (unpaired) electrons. The molecule has 2 amide bonds. The van der Waals surface area contributed by atoms with E-state index >= 15 is 0 Å². The fourth-order valence-electron chi connectivity index (χ4n) is 3.03. The second-order valence-corrected chi connectivity index (χ2v) is 6.61. The fourth-order valence-corrected chi connectivity index (χ4v) is 3.22.